The predicted octanol–water partition coefficient (Wildman–Crippen LogP) is 1.75. The summed E-state index contributed by atoms with van der Waals surface area (Å²) in [4.78, 5) is 11.6. The lowest BCUT2D eigenvalue weighted by Gasteiger charge is -2.04. The van der Waals surface area contributed by atoms with Crippen LogP contribution in [-0.2, 0) is 11.2 Å². The van der Waals surface area contributed by atoms with Crippen molar-refractivity contribution in [2.45, 2.75) is 19.3 Å². The molecule has 0 atom stereocenters. The van der Waals surface area contributed by atoms with E-state index in [0.29, 0.717) is 24.6 Å². The Labute approximate surface area is 95.6 Å². The summed E-state index contributed by atoms with van der Waals surface area (Å²) >= 11 is 0. The molecule has 0 unspecified atom stereocenters. The van der Waals surface area contributed by atoms with Crippen LogP contribution in [0, 0.1) is 5.92 Å². The van der Waals surface area contributed by atoms with Gasteiger partial charge in [-0.2, -0.15) is 0 Å². The second-order valence-corrected chi connectivity index (χ2v) is 4.28. The first-order chi connectivity index (χ1) is 7.79. The van der Waals surface area contributed by atoms with Crippen LogP contribution in [0.15, 0.2) is 24.3 Å². The Morgan fingerprint density at radius 3 is 2.56 bits per heavy atom. The van der Waals surface area contributed by atoms with E-state index in [1.807, 2.05) is 12.1 Å². The molecule has 1 aromatic rings. The predicted molar refractivity (Wildman–Crippen MR) is 62.2 cm³/mol. The minimum absolute atomic E-state index is 0.216. The maximum Gasteiger partial charge on any atom is 0.338 e. The molecular weight excluding hydrogens is 202 g/mol. The van der Waals surface area contributed by atoms with Crippen molar-refractivity contribution < 1.29 is 9.53 Å². The first-order valence-corrected chi connectivity index (χ1v) is 5.75. The number of rotatable bonds is 5. The van der Waals surface area contributed by atoms with Crippen molar-refractivity contribution >= 4 is 5.97 Å². The van der Waals surface area contributed by atoms with Crippen LogP contribution in [0.5, 0.6) is 0 Å². The topological polar surface area (TPSA) is 52.3 Å². The lowest BCUT2D eigenvalue weighted by molar-refractivity contribution is 0.0486. The van der Waals surface area contributed by atoms with Crippen LogP contribution in [0.4, 0.5) is 0 Å². The summed E-state index contributed by atoms with van der Waals surface area (Å²) in [6.45, 7) is 1.20. The summed E-state index contributed by atoms with van der Waals surface area (Å²) in [5.74, 6) is 0.395. The molecule has 16 heavy (non-hydrogen) atoms. The van der Waals surface area contributed by atoms with E-state index < -0.39 is 0 Å². The maximum atomic E-state index is 11.6. The van der Waals surface area contributed by atoms with Gasteiger partial charge in [0.05, 0.1) is 12.2 Å². The van der Waals surface area contributed by atoms with Gasteiger partial charge in [-0.1, -0.05) is 12.1 Å². The number of esters is 1. The molecule has 0 radical (unpaired) electrons. The number of nitrogens with two attached hydrogens (primary N) is 1. The molecular formula is C13H17NO2. The highest BCUT2D eigenvalue weighted by Gasteiger charge is 2.23. The molecule has 0 spiro atoms. The van der Waals surface area contributed by atoms with Crippen molar-refractivity contribution in [3.63, 3.8) is 0 Å². The summed E-state index contributed by atoms with van der Waals surface area (Å²) in [5.41, 5.74) is 7.23. The van der Waals surface area contributed by atoms with Gasteiger partial charge in [-0.3, -0.25) is 0 Å². The lowest BCUT2D eigenvalue weighted by Crippen LogP contribution is -2.08. The van der Waals surface area contributed by atoms with Gasteiger partial charge >= 0.3 is 5.97 Å². The molecule has 1 aromatic carbocycles. The Morgan fingerprint density at radius 1 is 1.31 bits per heavy atom. The SMILES string of the molecule is NCCc1ccc(C(=O)OCC2CC2)cc1. The van der Waals surface area contributed by atoms with Gasteiger partial charge in [-0.05, 0) is 49.4 Å². The number of hydrogen-bond donors (Lipinski definition) is 1. The molecule has 1 aliphatic rings. The fraction of sp³-hybridized carbons (Fsp3) is 0.462. The van der Waals surface area contributed by atoms with Crippen LogP contribution in [0.2, 0.25) is 0 Å². The highest BCUT2D eigenvalue weighted by Crippen LogP contribution is 2.29. The Balaban J connectivity index is 1.88. The van der Waals surface area contributed by atoms with E-state index in [-0.39, 0.29) is 5.97 Å². The van der Waals surface area contributed by atoms with Crippen LogP contribution in [0.3, 0.4) is 0 Å². The van der Waals surface area contributed by atoms with Gasteiger partial charge in [0.1, 0.15) is 0 Å². The highest BCUT2D eigenvalue weighted by atomic mass is 16.5. The fourth-order valence-electron chi connectivity index (χ4n) is 1.54. The van der Waals surface area contributed by atoms with Crippen molar-refractivity contribution in [3.05, 3.63) is 35.4 Å². The fourth-order valence-corrected chi connectivity index (χ4v) is 1.54. The molecule has 1 fully saturated rings. The summed E-state index contributed by atoms with van der Waals surface area (Å²) in [5, 5.41) is 0. The van der Waals surface area contributed by atoms with Gasteiger partial charge in [0.15, 0.2) is 0 Å². The minimum Gasteiger partial charge on any atom is -0.462 e. The molecule has 0 amide bonds. The van der Waals surface area contributed by atoms with E-state index in [9.17, 15) is 4.79 Å². The quantitative estimate of drug-likeness (QED) is 0.768. The molecule has 0 heterocycles. The van der Waals surface area contributed by atoms with Gasteiger partial charge in [-0.15, -0.1) is 0 Å². The number of ether oxygens (including phenoxy) is 1. The summed E-state index contributed by atoms with van der Waals surface area (Å²) in [7, 11) is 0. The van der Waals surface area contributed by atoms with Crippen LogP contribution < -0.4 is 5.73 Å². The van der Waals surface area contributed by atoms with Crippen LogP contribution in [0.1, 0.15) is 28.8 Å². The first-order valence-electron chi connectivity index (χ1n) is 5.75. The van der Waals surface area contributed by atoms with Gasteiger partial charge < -0.3 is 10.5 Å². The van der Waals surface area contributed by atoms with Crippen molar-refractivity contribution in [1.82, 2.24) is 0 Å². The molecule has 86 valence electrons. The maximum absolute atomic E-state index is 11.6. The molecule has 1 aliphatic carbocycles. The third-order valence-corrected chi connectivity index (χ3v) is 2.77. The normalized spacial score (nSPS) is 14.8. The summed E-state index contributed by atoms with van der Waals surface area (Å²) < 4.78 is 5.19. The van der Waals surface area contributed by atoms with Crippen LogP contribution in [0.25, 0.3) is 0 Å². The minimum atomic E-state index is -0.216. The third kappa shape index (κ3) is 3.07. The highest BCUT2D eigenvalue weighted by molar-refractivity contribution is 5.89. The van der Waals surface area contributed by atoms with E-state index >= 15 is 0 Å². The summed E-state index contributed by atoms with van der Waals surface area (Å²) in [6, 6.07) is 7.47. The molecule has 0 bridgehead atoms. The lowest BCUT2D eigenvalue weighted by atomic mass is 10.1. The van der Waals surface area contributed by atoms with Gasteiger partial charge in [-0.25, -0.2) is 4.79 Å². The molecule has 3 heteroatoms. The van der Waals surface area contributed by atoms with E-state index in [4.69, 9.17) is 10.5 Å². The van der Waals surface area contributed by atoms with Crippen molar-refractivity contribution in [1.29, 1.82) is 0 Å². The zero-order chi connectivity index (χ0) is 11.4. The van der Waals surface area contributed by atoms with Crippen LogP contribution >= 0.6 is 0 Å². The number of hydrogen-bond acceptors (Lipinski definition) is 3. The average molecular weight is 219 g/mol. The zero-order valence-corrected chi connectivity index (χ0v) is 9.32. The standard InChI is InChI=1S/C13H17NO2/c14-8-7-10-3-5-12(6-4-10)13(15)16-9-11-1-2-11/h3-6,11H,1-2,7-9,14H2. The van der Waals surface area contributed by atoms with Gasteiger partial charge in [0.25, 0.3) is 0 Å². The Morgan fingerprint density at radius 2 is 2.00 bits per heavy atom. The van der Waals surface area contributed by atoms with Crippen molar-refractivity contribution in [2.24, 2.45) is 11.7 Å². The molecule has 1 saturated carbocycles. The van der Waals surface area contributed by atoms with Gasteiger partial charge in [0.2, 0.25) is 0 Å². The second-order valence-electron chi connectivity index (χ2n) is 4.28. The number of carbonyl (C=O) groups is 1. The number of benzene rings is 1. The monoisotopic (exact) mass is 219 g/mol. The second kappa shape index (κ2) is 5.12. The van der Waals surface area contributed by atoms with E-state index in [1.54, 1.807) is 12.1 Å². The van der Waals surface area contributed by atoms with E-state index in [2.05, 4.69) is 0 Å². The molecule has 0 aliphatic heterocycles. The van der Waals surface area contributed by atoms with E-state index in [1.165, 1.54) is 12.8 Å². The van der Waals surface area contributed by atoms with Crippen molar-refractivity contribution in [2.75, 3.05) is 13.2 Å². The van der Waals surface area contributed by atoms with Crippen LogP contribution in [-0.4, -0.2) is 19.1 Å². The largest absolute Gasteiger partial charge is 0.462 e. The molecule has 2 rings (SSSR count). The Bertz CT molecular complexity index is 355. The third-order valence-electron chi connectivity index (χ3n) is 2.77. The molecule has 0 saturated heterocycles. The Hall–Kier alpha value is -1.35. The zero-order valence-electron chi connectivity index (χ0n) is 9.32. The number of carbonyl (C=O) groups excluding carboxylic acids is 1. The summed E-state index contributed by atoms with van der Waals surface area (Å²) in [6.07, 6.45) is 3.24. The van der Waals surface area contributed by atoms with E-state index in [0.717, 1.165) is 12.0 Å². The molecule has 0 aromatic heterocycles. The van der Waals surface area contributed by atoms with Crippen molar-refractivity contribution in [3.8, 4) is 0 Å². The molecule has 2 N–H and O–H groups in total. The molecule has 3 nitrogen and oxygen atoms in total. The Kier molecular flexibility index (Phi) is 3.57. The van der Waals surface area contributed by atoms with Gasteiger partial charge in [0, 0.05) is 0 Å². The smallest absolute Gasteiger partial charge is 0.338 e. The first kappa shape index (κ1) is 11.1. The average Bonchev–Trinajstić information content (AvgIpc) is 3.11.